The molecule has 9 nitrogen and oxygen atoms in total. The van der Waals surface area contributed by atoms with Crippen LogP contribution >= 0.6 is 0 Å². The fourth-order valence-corrected chi connectivity index (χ4v) is 7.25. The molecule has 0 amide bonds. The van der Waals surface area contributed by atoms with Crippen LogP contribution in [0.5, 0.6) is 0 Å². The van der Waals surface area contributed by atoms with E-state index in [0.29, 0.717) is 13.0 Å². The first kappa shape index (κ1) is 51.9. The smallest absolute Gasteiger partial charge is 0.306 e. The van der Waals surface area contributed by atoms with E-state index >= 15 is 0 Å². The Morgan fingerprint density at radius 1 is 0.564 bits per heavy atom. The minimum absolute atomic E-state index is 0.110. The lowest BCUT2D eigenvalue weighted by atomic mass is 9.99. The zero-order valence-corrected chi connectivity index (χ0v) is 35.7. The number of rotatable bonds is 40. The van der Waals surface area contributed by atoms with E-state index in [-0.39, 0.29) is 19.2 Å². The lowest BCUT2D eigenvalue weighted by Crippen LogP contribution is -2.59. The minimum atomic E-state index is -1.53. The second-order valence-corrected chi connectivity index (χ2v) is 16.2. The van der Waals surface area contributed by atoms with Crippen molar-refractivity contribution in [1.29, 1.82) is 0 Å². The summed E-state index contributed by atoms with van der Waals surface area (Å²) < 4.78 is 22.8. The second kappa shape index (κ2) is 38.4. The van der Waals surface area contributed by atoms with Gasteiger partial charge in [0, 0.05) is 13.0 Å². The summed E-state index contributed by atoms with van der Waals surface area (Å²) in [4.78, 5) is 12.8. The molecule has 4 N–H and O–H groups in total. The number of hydrogen-bond donors (Lipinski definition) is 4. The highest BCUT2D eigenvalue weighted by atomic mass is 16.7. The molecule has 1 aliphatic rings. The largest absolute Gasteiger partial charge is 0.457 e. The molecule has 0 saturated carbocycles. The van der Waals surface area contributed by atoms with E-state index in [1.807, 2.05) is 0 Å². The molecule has 1 aliphatic heterocycles. The topological polar surface area (TPSA) is 135 Å². The summed E-state index contributed by atoms with van der Waals surface area (Å²) in [5.74, 6) is -0.311. The van der Waals surface area contributed by atoms with E-state index < -0.39 is 43.4 Å². The van der Waals surface area contributed by atoms with Crippen LogP contribution in [0.15, 0.2) is 12.2 Å². The third-order valence-electron chi connectivity index (χ3n) is 10.9. The summed E-state index contributed by atoms with van der Waals surface area (Å²) in [6.07, 6.45) is 35.2. The van der Waals surface area contributed by atoms with E-state index in [0.717, 1.165) is 32.1 Å². The van der Waals surface area contributed by atoms with Crippen molar-refractivity contribution in [3.63, 3.8) is 0 Å². The second-order valence-electron chi connectivity index (χ2n) is 16.2. The lowest BCUT2D eigenvalue weighted by molar-refractivity contribution is -0.305. The Kier molecular flexibility index (Phi) is 36.3. The summed E-state index contributed by atoms with van der Waals surface area (Å²) in [6, 6.07) is 0. The van der Waals surface area contributed by atoms with Crippen molar-refractivity contribution in [2.24, 2.45) is 0 Å². The van der Waals surface area contributed by atoms with Crippen molar-refractivity contribution < 1.29 is 44.2 Å². The average Bonchev–Trinajstić information content (AvgIpc) is 3.18. The van der Waals surface area contributed by atoms with Crippen LogP contribution in [0.3, 0.4) is 0 Å². The van der Waals surface area contributed by atoms with Gasteiger partial charge in [-0.15, -0.1) is 0 Å². The maximum Gasteiger partial charge on any atom is 0.306 e. The molecule has 1 rings (SSSR count). The monoisotopic (exact) mass is 785 g/mol. The van der Waals surface area contributed by atoms with Crippen LogP contribution in [0, 0.1) is 0 Å². The van der Waals surface area contributed by atoms with E-state index in [1.54, 1.807) is 0 Å². The van der Waals surface area contributed by atoms with Gasteiger partial charge in [-0.05, 0) is 38.5 Å². The number of unbranched alkanes of at least 4 members (excludes halogenated alkanes) is 27. The van der Waals surface area contributed by atoms with E-state index in [4.69, 9.17) is 18.9 Å². The third-order valence-corrected chi connectivity index (χ3v) is 10.9. The summed E-state index contributed by atoms with van der Waals surface area (Å²) in [6.45, 7) is 4.57. The maximum atomic E-state index is 12.8. The quantitative estimate of drug-likeness (QED) is 0.0272. The zero-order chi connectivity index (χ0) is 40.0. The molecule has 0 aromatic carbocycles. The molecular weight excluding hydrogens is 696 g/mol. The SMILES string of the molecule is CCCCCCCC/C=C\CCCCCCCCOCC(COC1OC(CO)C(O)C(O)C1O)OC(=O)CCCCCCCCCCCCCCCCCC. The molecule has 0 spiro atoms. The molecular formula is C46H88O9. The Bertz CT molecular complexity index is 853. The van der Waals surface area contributed by atoms with Crippen LogP contribution in [-0.2, 0) is 23.7 Å². The van der Waals surface area contributed by atoms with Gasteiger partial charge in [0.05, 0.1) is 19.8 Å². The van der Waals surface area contributed by atoms with Gasteiger partial charge in [0.1, 0.15) is 30.5 Å². The maximum absolute atomic E-state index is 12.8. The first-order valence-electron chi connectivity index (χ1n) is 23.3. The number of carbonyl (C=O) groups is 1. The molecule has 9 heteroatoms. The summed E-state index contributed by atoms with van der Waals surface area (Å²) >= 11 is 0. The minimum Gasteiger partial charge on any atom is -0.457 e. The molecule has 0 aliphatic carbocycles. The van der Waals surface area contributed by atoms with E-state index in [2.05, 4.69) is 26.0 Å². The number of carbonyl (C=O) groups excluding carboxylic acids is 1. The van der Waals surface area contributed by atoms with E-state index in [9.17, 15) is 25.2 Å². The molecule has 0 radical (unpaired) electrons. The number of aliphatic hydroxyl groups excluding tert-OH is 4. The van der Waals surface area contributed by atoms with Gasteiger partial charge in [-0.3, -0.25) is 4.79 Å². The summed E-state index contributed by atoms with van der Waals surface area (Å²) in [5.41, 5.74) is 0. The molecule has 1 saturated heterocycles. The number of esters is 1. The average molecular weight is 785 g/mol. The van der Waals surface area contributed by atoms with Crippen molar-refractivity contribution in [3.05, 3.63) is 12.2 Å². The number of hydrogen-bond acceptors (Lipinski definition) is 9. The summed E-state index contributed by atoms with van der Waals surface area (Å²) in [7, 11) is 0. The van der Waals surface area contributed by atoms with Crippen LogP contribution in [0.1, 0.15) is 213 Å². The van der Waals surface area contributed by atoms with Gasteiger partial charge >= 0.3 is 5.97 Å². The van der Waals surface area contributed by atoms with Crippen molar-refractivity contribution in [2.75, 3.05) is 26.4 Å². The van der Waals surface area contributed by atoms with Crippen molar-refractivity contribution in [2.45, 2.75) is 250 Å². The van der Waals surface area contributed by atoms with Crippen molar-refractivity contribution >= 4 is 5.97 Å². The molecule has 6 atom stereocenters. The highest BCUT2D eigenvalue weighted by molar-refractivity contribution is 5.69. The molecule has 6 unspecified atom stereocenters. The predicted molar refractivity (Wildman–Crippen MR) is 224 cm³/mol. The van der Waals surface area contributed by atoms with Crippen LogP contribution in [0.25, 0.3) is 0 Å². The van der Waals surface area contributed by atoms with E-state index in [1.165, 1.54) is 161 Å². The third kappa shape index (κ3) is 29.8. The Balaban J connectivity index is 2.25. The molecule has 1 heterocycles. The first-order chi connectivity index (χ1) is 26.9. The van der Waals surface area contributed by atoms with Crippen molar-refractivity contribution in [3.8, 4) is 0 Å². The standard InChI is InChI=1S/C46H88O9/c1-3-5-7-9-11-13-15-17-19-21-23-25-27-29-31-33-35-42(48)54-40(39-53-46-45(51)44(50)43(49)41(37-47)55-46)38-52-36-34-32-30-28-26-24-22-20-18-16-14-12-10-8-6-4-2/h18,20,40-41,43-47,49-51H,3-17,19,21-39H2,1-2H3/b20-18-. The normalized spacial score (nSPS) is 20.7. The first-order valence-corrected chi connectivity index (χ1v) is 23.3. The molecule has 326 valence electrons. The predicted octanol–water partition coefficient (Wildman–Crippen LogP) is 10.4. The Labute approximate surface area is 337 Å². The van der Waals surface area contributed by atoms with Gasteiger partial charge in [-0.25, -0.2) is 0 Å². The Morgan fingerprint density at radius 2 is 1.00 bits per heavy atom. The zero-order valence-electron chi connectivity index (χ0n) is 35.7. The van der Waals surface area contributed by atoms with Crippen LogP contribution in [0.2, 0.25) is 0 Å². The molecule has 0 aromatic heterocycles. The van der Waals surface area contributed by atoms with Crippen LogP contribution in [0.4, 0.5) is 0 Å². The summed E-state index contributed by atoms with van der Waals surface area (Å²) in [5, 5.41) is 40.1. The number of aliphatic hydroxyl groups is 4. The van der Waals surface area contributed by atoms with Gasteiger partial charge in [0.25, 0.3) is 0 Å². The Morgan fingerprint density at radius 3 is 1.47 bits per heavy atom. The number of ether oxygens (including phenoxy) is 4. The van der Waals surface area contributed by atoms with Gasteiger partial charge < -0.3 is 39.4 Å². The molecule has 1 fully saturated rings. The van der Waals surface area contributed by atoms with Gasteiger partial charge in [-0.2, -0.15) is 0 Å². The van der Waals surface area contributed by atoms with Gasteiger partial charge in [-0.1, -0.05) is 180 Å². The van der Waals surface area contributed by atoms with Gasteiger partial charge in [0.2, 0.25) is 0 Å². The van der Waals surface area contributed by atoms with Crippen LogP contribution in [-0.4, -0.2) is 89.6 Å². The fourth-order valence-electron chi connectivity index (χ4n) is 7.25. The van der Waals surface area contributed by atoms with Crippen LogP contribution < -0.4 is 0 Å². The highest BCUT2D eigenvalue weighted by Crippen LogP contribution is 2.23. The molecule has 55 heavy (non-hydrogen) atoms. The lowest BCUT2D eigenvalue weighted by Gasteiger charge is -2.39. The molecule has 0 bridgehead atoms. The molecule has 0 aromatic rings. The fraction of sp³-hybridized carbons (Fsp3) is 0.935. The number of allylic oxidation sites excluding steroid dienone is 2. The van der Waals surface area contributed by atoms with Crippen molar-refractivity contribution in [1.82, 2.24) is 0 Å². The van der Waals surface area contributed by atoms with Gasteiger partial charge in [0.15, 0.2) is 6.29 Å². The Hall–Kier alpha value is -1.07. The highest BCUT2D eigenvalue weighted by Gasteiger charge is 2.44.